The molecule has 3 aromatic rings. The molecule has 3 aromatic heterocycles. The molecule has 0 spiro atoms. The average molecular weight is 505 g/mol. The van der Waals surface area contributed by atoms with E-state index in [0.29, 0.717) is 15.4 Å². The van der Waals surface area contributed by atoms with Crippen LogP contribution in [0.15, 0.2) is 14.5 Å². The number of nitrogens with one attached hydrogen (secondary N) is 2. The highest BCUT2D eigenvalue weighted by Gasteiger charge is 2.04. The number of aromatic nitrogens is 3. The number of hydrogen-bond donors (Lipinski definition) is 3. The first-order valence-electron chi connectivity index (χ1n) is 7.84. The molecule has 0 atom stereocenters. The second-order valence-corrected chi connectivity index (χ2v) is 9.43. The van der Waals surface area contributed by atoms with E-state index in [2.05, 4.69) is 41.5 Å². The van der Waals surface area contributed by atoms with E-state index < -0.39 is 0 Å². The molecule has 28 heavy (non-hydrogen) atoms. The van der Waals surface area contributed by atoms with Crippen molar-refractivity contribution in [1.29, 1.82) is 0 Å². The summed E-state index contributed by atoms with van der Waals surface area (Å²) in [4.78, 5) is 33.1. The number of nitrogen functional groups attached to an aromatic ring is 1. The van der Waals surface area contributed by atoms with Crippen LogP contribution in [0.1, 0.15) is 30.9 Å². The van der Waals surface area contributed by atoms with E-state index in [1.165, 1.54) is 47.9 Å². The summed E-state index contributed by atoms with van der Waals surface area (Å²) in [5, 5.41) is 11.0. The fourth-order valence-corrected chi connectivity index (χ4v) is 4.08. The fourth-order valence-electron chi connectivity index (χ4n) is 1.52. The van der Waals surface area contributed by atoms with E-state index in [1.54, 1.807) is 0 Å². The second kappa shape index (κ2) is 11.8. The molecule has 0 radical (unpaired) electrons. The van der Waals surface area contributed by atoms with Gasteiger partial charge in [0.15, 0.2) is 15.4 Å². The minimum absolute atomic E-state index is 0.0747. The number of carbonyl (C=O) groups is 2. The quantitative estimate of drug-likeness (QED) is 0.467. The van der Waals surface area contributed by atoms with Crippen molar-refractivity contribution in [3.63, 3.8) is 0 Å². The maximum absolute atomic E-state index is 10.6. The fraction of sp³-hybridized carbons (Fsp3) is 0.312. The Bertz CT molecular complexity index is 885. The van der Waals surface area contributed by atoms with Gasteiger partial charge in [-0.2, -0.15) is 0 Å². The molecule has 0 unspecified atom stereocenters. The largest absolute Gasteiger partial charge is 0.375 e. The molecule has 0 saturated carbocycles. The summed E-state index contributed by atoms with van der Waals surface area (Å²) < 4.78 is 0.959. The first-order valence-corrected chi connectivity index (χ1v) is 11.2. The van der Waals surface area contributed by atoms with Gasteiger partial charge in [0.2, 0.25) is 11.8 Å². The van der Waals surface area contributed by atoms with Crippen molar-refractivity contribution in [3.05, 3.63) is 31.6 Å². The monoisotopic (exact) mass is 504 g/mol. The van der Waals surface area contributed by atoms with Crippen molar-refractivity contribution in [2.75, 3.05) is 16.4 Å². The number of amides is 2. The molecule has 3 rings (SSSR count). The molecular formula is C16H21BrN6O2S3. The van der Waals surface area contributed by atoms with Crippen LogP contribution in [-0.4, -0.2) is 26.8 Å². The van der Waals surface area contributed by atoms with Crippen molar-refractivity contribution in [2.24, 2.45) is 0 Å². The standard InChI is InChI=1S/C6H7BrN2OS.C6H8N2OS.C4H6N2S/c1-3-5(7)11-6(8-3)9-4(2)10;1-4-3-10-6(7-4)8-5(2)9;1-3-2-7-4(5)6-3/h1-2H3,(H,8,9,10);3H,1-2H3,(H,7,8,9);2H,1H3,(H2,5,6). The smallest absolute Gasteiger partial charge is 0.223 e. The van der Waals surface area contributed by atoms with Crippen LogP contribution in [0.25, 0.3) is 0 Å². The number of rotatable bonds is 2. The lowest BCUT2D eigenvalue weighted by molar-refractivity contribution is -0.115. The zero-order valence-electron chi connectivity index (χ0n) is 16.0. The summed E-state index contributed by atoms with van der Waals surface area (Å²) in [7, 11) is 0. The molecule has 0 aliphatic rings. The molecule has 152 valence electrons. The third-order valence-corrected chi connectivity index (χ3v) is 6.15. The number of aryl methyl sites for hydroxylation is 3. The van der Waals surface area contributed by atoms with Gasteiger partial charge in [0.05, 0.1) is 20.9 Å². The SMILES string of the molecule is CC(=O)Nc1nc(C)c(Br)s1.CC(=O)Nc1nc(C)cs1.Cc1csc(N)n1. The third kappa shape index (κ3) is 9.88. The normalized spacial score (nSPS) is 9.50. The molecule has 0 bridgehead atoms. The lowest BCUT2D eigenvalue weighted by Gasteiger charge is -1.91. The Morgan fingerprint density at radius 2 is 1.46 bits per heavy atom. The number of hydrogen-bond acceptors (Lipinski definition) is 9. The molecule has 0 fully saturated rings. The van der Waals surface area contributed by atoms with Crippen LogP contribution in [0.5, 0.6) is 0 Å². The zero-order chi connectivity index (χ0) is 21.3. The molecule has 3 heterocycles. The van der Waals surface area contributed by atoms with Crippen LogP contribution in [-0.2, 0) is 9.59 Å². The molecule has 0 aliphatic heterocycles. The van der Waals surface area contributed by atoms with E-state index >= 15 is 0 Å². The van der Waals surface area contributed by atoms with Crippen molar-refractivity contribution < 1.29 is 9.59 Å². The minimum atomic E-state index is -0.0914. The van der Waals surface area contributed by atoms with Crippen molar-refractivity contribution >= 4 is 77.1 Å². The predicted octanol–water partition coefficient (Wildman–Crippen LogP) is 4.62. The first kappa shape index (κ1) is 24.1. The number of nitrogens with zero attached hydrogens (tertiary/aromatic N) is 3. The highest BCUT2D eigenvalue weighted by molar-refractivity contribution is 9.11. The van der Waals surface area contributed by atoms with Gasteiger partial charge in [-0.3, -0.25) is 9.59 Å². The number of thiazole rings is 3. The topological polar surface area (TPSA) is 123 Å². The lowest BCUT2D eigenvalue weighted by atomic mass is 10.6. The first-order chi connectivity index (χ1) is 13.1. The summed E-state index contributed by atoms with van der Waals surface area (Å²) in [6.07, 6.45) is 0. The van der Waals surface area contributed by atoms with E-state index in [4.69, 9.17) is 5.73 Å². The van der Waals surface area contributed by atoms with Gasteiger partial charge >= 0.3 is 0 Å². The summed E-state index contributed by atoms with van der Waals surface area (Å²) in [6, 6.07) is 0. The van der Waals surface area contributed by atoms with E-state index in [0.717, 1.165) is 20.9 Å². The highest BCUT2D eigenvalue weighted by Crippen LogP contribution is 2.27. The van der Waals surface area contributed by atoms with Gasteiger partial charge in [0.1, 0.15) is 0 Å². The Hall–Kier alpha value is -1.89. The zero-order valence-corrected chi connectivity index (χ0v) is 20.0. The van der Waals surface area contributed by atoms with E-state index in [-0.39, 0.29) is 11.8 Å². The van der Waals surface area contributed by atoms with Crippen molar-refractivity contribution in [3.8, 4) is 0 Å². The van der Waals surface area contributed by atoms with Crippen LogP contribution in [0, 0.1) is 20.8 Å². The highest BCUT2D eigenvalue weighted by atomic mass is 79.9. The van der Waals surface area contributed by atoms with Gasteiger partial charge in [-0.25, -0.2) is 15.0 Å². The van der Waals surface area contributed by atoms with E-state index in [9.17, 15) is 9.59 Å². The van der Waals surface area contributed by atoms with Gasteiger partial charge in [0, 0.05) is 24.6 Å². The minimum Gasteiger partial charge on any atom is -0.375 e. The summed E-state index contributed by atoms with van der Waals surface area (Å²) >= 11 is 7.63. The van der Waals surface area contributed by atoms with Crippen LogP contribution >= 0.6 is 49.9 Å². The maximum atomic E-state index is 10.6. The third-order valence-electron chi connectivity index (χ3n) is 2.56. The molecule has 2 amide bonds. The molecule has 8 nitrogen and oxygen atoms in total. The summed E-state index contributed by atoms with van der Waals surface area (Å²) in [5.74, 6) is -0.166. The Labute approximate surface area is 183 Å². The van der Waals surface area contributed by atoms with Crippen LogP contribution in [0.3, 0.4) is 0 Å². The number of carbonyl (C=O) groups excluding carboxylic acids is 2. The van der Waals surface area contributed by atoms with Crippen LogP contribution in [0.2, 0.25) is 0 Å². The van der Waals surface area contributed by atoms with Crippen molar-refractivity contribution in [1.82, 2.24) is 15.0 Å². The van der Waals surface area contributed by atoms with Gasteiger partial charge in [0.25, 0.3) is 0 Å². The maximum Gasteiger partial charge on any atom is 0.223 e. The number of nitrogens with two attached hydrogens (primary N) is 1. The number of halogens is 1. The molecule has 0 saturated heterocycles. The molecule has 12 heteroatoms. The Kier molecular flexibility index (Phi) is 10.2. The Morgan fingerprint density at radius 1 is 0.929 bits per heavy atom. The molecule has 0 aromatic carbocycles. The van der Waals surface area contributed by atoms with Crippen molar-refractivity contribution in [2.45, 2.75) is 34.6 Å². The van der Waals surface area contributed by atoms with Crippen LogP contribution in [0.4, 0.5) is 15.4 Å². The van der Waals surface area contributed by atoms with Gasteiger partial charge in [-0.05, 0) is 36.7 Å². The molecule has 0 aliphatic carbocycles. The summed E-state index contributed by atoms with van der Waals surface area (Å²) in [6.45, 7) is 8.63. The second-order valence-electron chi connectivity index (χ2n) is 5.36. The average Bonchev–Trinajstić information content (AvgIpc) is 3.22. The van der Waals surface area contributed by atoms with Gasteiger partial charge < -0.3 is 16.4 Å². The molecular weight excluding hydrogens is 484 g/mol. The predicted molar refractivity (Wildman–Crippen MR) is 121 cm³/mol. The van der Waals surface area contributed by atoms with Gasteiger partial charge in [-0.1, -0.05) is 11.3 Å². The Balaban J connectivity index is 0.000000215. The lowest BCUT2D eigenvalue weighted by Crippen LogP contribution is -2.04. The summed E-state index contributed by atoms with van der Waals surface area (Å²) in [5.41, 5.74) is 8.13. The Morgan fingerprint density at radius 3 is 1.79 bits per heavy atom. The van der Waals surface area contributed by atoms with Crippen LogP contribution < -0.4 is 16.4 Å². The van der Waals surface area contributed by atoms with Gasteiger partial charge in [-0.15, -0.1) is 22.7 Å². The van der Waals surface area contributed by atoms with E-state index in [1.807, 2.05) is 31.5 Å². The number of anilines is 3. The molecule has 4 N–H and O–H groups in total.